The predicted octanol–water partition coefficient (Wildman–Crippen LogP) is 2.56. The van der Waals surface area contributed by atoms with Gasteiger partial charge in [0.2, 0.25) is 0 Å². The van der Waals surface area contributed by atoms with Crippen molar-refractivity contribution in [2.24, 2.45) is 5.92 Å². The average Bonchev–Trinajstić information content (AvgIpc) is 2.63. The molecule has 0 radical (unpaired) electrons. The molecule has 1 rings (SSSR count). The van der Waals surface area contributed by atoms with E-state index in [4.69, 9.17) is 10.5 Å². The Bertz CT molecular complexity index is 365. The number of anilines is 1. The molecule has 0 aliphatic heterocycles. The van der Waals surface area contributed by atoms with E-state index in [-0.39, 0.29) is 6.04 Å². The van der Waals surface area contributed by atoms with Gasteiger partial charge in [0.1, 0.15) is 0 Å². The largest absolute Gasteiger partial charge is 0.450 e. The van der Waals surface area contributed by atoms with Crippen LogP contribution in [0, 0.1) is 5.92 Å². The van der Waals surface area contributed by atoms with Crippen LogP contribution in [0.3, 0.4) is 0 Å². The molecule has 0 spiro atoms. The predicted molar refractivity (Wildman–Crippen MR) is 68.9 cm³/mol. The van der Waals surface area contributed by atoms with Gasteiger partial charge in [-0.15, -0.1) is 11.3 Å². The fourth-order valence-corrected chi connectivity index (χ4v) is 2.12. The van der Waals surface area contributed by atoms with Crippen LogP contribution in [-0.2, 0) is 4.74 Å². The number of thiazole rings is 1. The quantitative estimate of drug-likeness (QED) is 0.849. The highest BCUT2D eigenvalue weighted by atomic mass is 32.1. The lowest BCUT2D eigenvalue weighted by molar-refractivity contribution is 0.146. The second-order valence-corrected chi connectivity index (χ2v) is 5.05. The lowest BCUT2D eigenvalue weighted by atomic mass is 10.0. The fraction of sp³-hybridized carbons (Fsp3) is 0.636. The van der Waals surface area contributed by atoms with Crippen molar-refractivity contribution in [3.8, 4) is 0 Å². The number of carbonyl (C=O) groups is 1. The second-order valence-electron chi connectivity index (χ2n) is 4.16. The van der Waals surface area contributed by atoms with Gasteiger partial charge in [0, 0.05) is 5.38 Å². The summed E-state index contributed by atoms with van der Waals surface area (Å²) in [5.74, 6) is 0.449. The summed E-state index contributed by atoms with van der Waals surface area (Å²) in [7, 11) is 0. The summed E-state index contributed by atoms with van der Waals surface area (Å²) >= 11 is 1.37. The lowest BCUT2D eigenvalue weighted by Gasteiger charge is -2.18. The van der Waals surface area contributed by atoms with Gasteiger partial charge in [-0.25, -0.2) is 9.78 Å². The van der Waals surface area contributed by atoms with Crippen molar-refractivity contribution in [2.75, 3.05) is 12.3 Å². The summed E-state index contributed by atoms with van der Waals surface area (Å²) in [6.07, 6.45) is 0.395. The van der Waals surface area contributed by atoms with Crippen LogP contribution in [0.2, 0.25) is 0 Å². The normalized spacial score (nSPS) is 12.5. The number of hydrogen-bond donors (Lipinski definition) is 2. The number of rotatable bonds is 5. The van der Waals surface area contributed by atoms with Crippen LogP contribution in [0.4, 0.5) is 9.93 Å². The van der Waals surface area contributed by atoms with Crippen LogP contribution in [-0.4, -0.2) is 17.7 Å². The minimum Gasteiger partial charge on any atom is -0.450 e. The SMILES string of the molecule is CCOC(=O)N[C@@H](CC(C)C)c1csc(N)n1. The molecule has 0 saturated heterocycles. The number of amides is 1. The van der Waals surface area contributed by atoms with Gasteiger partial charge in [0.15, 0.2) is 5.13 Å². The van der Waals surface area contributed by atoms with Gasteiger partial charge >= 0.3 is 6.09 Å². The van der Waals surface area contributed by atoms with Gasteiger partial charge in [0.25, 0.3) is 0 Å². The lowest BCUT2D eigenvalue weighted by Crippen LogP contribution is -2.30. The van der Waals surface area contributed by atoms with E-state index in [1.54, 1.807) is 6.92 Å². The van der Waals surface area contributed by atoms with E-state index < -0.39 is 6.09 Å². The maximum atomic E-state index is 11.4. The van der Waals surface area contributed by atoms with E-state index in [1.165, 1.54) is 11.3 Å². The number of carbonyl (C=O) groups excluding carboxylic acids is 1. The minimum atomic E-state index is -0.412. The number of nitrogen functional groups attached to an aromatic ring is 1. The molecule has 0 aromatic carbocycles. The first-order valence-corrected chi connectivity index (χ1v) is 6.55. The zero-order valence-corrected chi connectivity index (χ0v) is 11.2. The van der Waals surface area contributed by atoms with Crippen molar-refractivity contribution in [3.63, 3.8) is 0 Å². The second kappa shape index (κ2) is 6.44. The van der Waals surface area contributed by atoms with E-state index in [9.17, 15) is 4.79 Å². The fourth-order valence-electron chi connectivity index (χ4n) is 1.50. The molecular weight excluding hydrogens is 238 g/mol. The van der Waals surface area contributed by atoms with E-state index in [0.717, 1.165) is 12.1 Å². The van der Waals surface area contributed by atoms with E-state index >= 15 is 0 Å². The third-order valence-corrected chi connectivity index (χ3v) is 2.86. The smallest absolute Gasteiger partial charge is 0.407 e. The topological polar surface area (TPSA) is 77.2 Å². The Hall–Kier alpha value is -1.30. The summed E-state index contributed by atoms with van der Waals surface area (Å²) in [4.78, 5) is 15.6. The first-order valence-electron chi connectivity index (χ1n) is 5.67. The molecule has 3 N–H and O–H groups in total. The van der Waals surface area contributed by atoms with Crippen molar-refractivity contribution in [2.45, 2.75) is 33.2 Å². The van der Waals surface area contributed by atoms with Crippen LogP contribution in [0.5, 0.6) is 0 Å². The zero-order valence-electron chi connectivity index (χ0n) is 10.4. The monoisotopic (exact) mass is 257 g/mol. The Balaban J connectivity index is 2.70. The molecular formula is C11H19N3O2S. The van der Waals surface area contributed by atoms with Gasteiger partial charge in [-0.3, -0.25) is 0 Å². The van der Waals surface area contributed by atoms with Gasteiger partial charge < -0.3 is 15.8 Å². The van der Waals surface area contributed by atoms with Gasteiger partial charge in [-0.05, 0) is 19.3 Å². The molecule has 1 aromatic rings. The Morgan fingerprint density at radius 1 is 1.65 bits per heavy atom. The molecule has 0 bridgehead atoms. The number of nitrogens with two attached hydrogens (primary N) is 1. The Kier molecular flexibility index (Phi) is 5.21. The average molecular weight is 257 g/mol. The third-order valence-electron chi connectivity index (χ3n) is 2.17. The Morgan fingerprint density at radius 3 is 2.82 bits per heavy atom. The van der Waals surface area contributed by atoms with E-state index in [0.29, 0.717) is 17.7 Å². The molecule has 5 nitrogen and oxygen atoms in total. The summed E-state index contributed by atoms with van der Waals surface area (Å²) in [5.41, 5.74) is 6.40. The number of alkyl carbamates (subject to hydrolysis) is 1. The number of ether oxygens (including phenoxy) is 1. The van der Waals surface area contributed by atoms with Crippen LogP contribution in [0.25, 0.3) is 0 Å². The molecule has 1 aromatic heterocycles. The molecule has 1 atom stereocenters. The highest BCUT2D eigenvalue weighted by Crippen LogP contribution is 2.24. The highest BCUT2D eigenvalue weighted by molar-refractivity contribution is 7.13. The van der Waals surface area contributed by atoms with Crippen molar-refractivity contribution < 1.29 is 9.53 Å². The van der Waals surface area contributed by atoms with E-state index in [1.807, 2.05) is 5.38 Å². The van der Waals surface area contributed by atoms with Crippen LogP contribution >= 0.6 is 11.3 Å². The molecule has 0 saturated carbocycles. The molecule has 1 amide bonds. The number of nitrogens with one attached hydrogen (secondary N) is 1. The number of hydrogen-bond acceptors (Lipinski definition) is 5. The number of nitrogens with zero attached hydrogens (tertiary/aromatic N) is 1. The molecule has 0 unspecified atom stereocenters. The molecule has 0 fully saturated rings. The van der Waals surface area contributed by atoms with Crippen molar-refractivity contribution in [1.82, 2.24) is 10.3 Å². The van der Waals surface area contributed by atoms with Gasteiger partial charge in [-0.1, -0.05) is 13.8 Å². The first-order chi connectivity index (χ1) is 8.02. The Labute approximate surface area is 105 Å². The van der Waals surface area contributed by atoms with Crippen LogP contribution in [0.15, 0.2) is 5.38 Å². The summed E-state index contributed by atoms with van der Waals surface area (Å²) in [6, 6.07) is -0.136. The van der Waals surface area contributed by atoms with Gasteiger partial charge in [0.05, 0.1) is 18.3 Å². The van der Waals surface area contributed by atoms with Crippen molar-refractivity contribution in [1.29, 1.82) is 0 Å². The van der Waals surface area contributed by atoms with Gasteiger partial charge in [-0.2, -0.15) is 0 Å². The van der Waals surface area contributed by atoms with Crippen LogP contribution in [0.1, 0.15) is 38.9 Å². The minimum absolute atomic E-state index is 0.136. The summed E-state index contributed by atoms with van der Waals surface area (Å²) in [5, 5.41) is 5.19. The highest BCUT2D eigenvalue weighted by Gasteiger charge is 2.19. The first kappa shape index (κ1) is 13.8. The summed E-state index contributed by atoms with van der Waals surface area (Å²) in [6.45, 7) is 6.32. The summed E-state index contributed by atoms with van der Waals surface area (Å²) < 4.78 is 4.88. The maximum Gasteiger partial charge on any atom is 0.407 e. The van der Waals surface area contributed by atoms with Crippen LogP contribution < -0.4 is 11.1 Å². The van der Waals surface area contributed by atoms with E-state index in [2.05, 4.69) is 24.1 Å². The molecule has 96 valence electrons. The number of aromatic nitrogens is 1. The van der Waals surface area contributed by atoms with Crippen molar-refractivity contribution in [3.05, 3.63) is 11.1 Å². The Morgan fingerprint density at radius 2 is 2.35 bits per heavy atom. The zero-order chi connectivity index (χ0) is 12.8. The molecule has 6 heteroatoms. The maximum absolute atomic E-state index is 11.4. The molecule has 17 heavy (non-hydrogen) atoms. The molecule has 0 aliphatic rings. The third kappa shape index (κ3) is 4.60. The molecule has 0 aliphatic carbocycles. The van der Waals surface area contributed by atoms with Crippen molar-refractivity contribution >= 4 is 22.6 Å². The standard InChI is InChI=1S/C11H19N3O2S/c1-4-16-11(15)14-8(5-7(2)3)9-6-17-10(12)13-9/h6-8H,4-5H2,1-3H3,(H2,12,13)(H,14,15)/t8-/m0/s1. The molecule has 1 heterocycles.